The summed E-state index contributed by atoms with van der Waals surface area (Å²) in [5.41, 5.74) is 1.01. The molecule has 0 aromatic heterocycles. The van der Waals surface area contributed by atoms with Crippen LogP contribution >= 0.6 is 27.7 Å². The van der Waals surface area contributed by atoms with E-state index in [0.717, 1.165) is 34.8 Å². The molecule has 1 amide bonds. The maximum atomic E-state index is 12.1. The van der Waals surface area contributed by atoms with E-state index in [2.05, 4.69) is 38.1 Å². The number of benzene rings is 1. The number of carbonyl (C=O) groups is 1. The van der Waals surface area contributed by atoms with E-state index in [0.29, 0.717) is 10.9 Å². The summed E-state index contributed by atoms with van der Waals surface area (Å²) in [6.45, 7) is 4.87. The summed E-state index contributed by atoms with van der Waals surface area (Å²) in [4.78, 5) is 19.1. The first-order chi connectivity index (χ1) is 10.1. The number of hydrogen-bond donors (Lipinski definition) is 1. The second-order valence-corrected chi connectivity index (χ2v) is 7.09. The number of rotatable bonds is 1. The number of nitrogens with zero attached hydrogens (tertiary/aromatic N) is 2. The van der Waals surface area contributed by atoms with Gasteiger partial charge >= 0.3 is 0 Å². The monoisotopic (exact) mass is 365 g/mol. The Hall–Kier alpha value is -1.11. The Morgan fingerprint density at radius 3 is 2.90 bits per heavy atom. The van der Waals surface area contributed by atoms with Crippen molar-refractivity contribution in [2.75, 3.05) is 19.6 Å². The fourth-order valence-corrected chi connectivity index (χ4v) is 3.56. The lowest BCUT2D eigenvalue weighted by molar-refractivity contribution is -0.113. The first-order valence-electron chi connectivity index (χ1n) is 6.88. The van der Waals surface area contributed by atoms with Gasteiger partial charge in [0.05, 0.1) is 4.91 Å². The van der Waals surface area contributed by atoms with E-state index >= 15 is 0 Å². The van der Waals surface area contributed by atoms with E-state index in [1.807, 2.05) is 30.3 Å². The molecular weight excluding hydrogens is 350 g/mol. The van der Waals surface area contributed by atoms with Crippen molar-refractivity contribution >= 4 is 44.8 Å². The van der Waals surface area contributed by atoms with E-state index in [1.54, 1.807) is 0 Å². The Kier molecular flexibility index (Phi) is 4.47. The number of thioether (sulfide) groups is 1. The van der Waals surface area contributed by atoms with Gasteiger partial charge in [0, 0.05) is 30.1 Å². The number of amidine groups is 1. The molecule has 1 saturated heterocycles. The van der Waals surface area contributed by atoms with Crippen molar-refractivity contribution in [1.82, 2.24) is 10.2 Å². The Morgan fingerprint density at radius 1 is 1.43 bits per heavy atom. The second-order valence-electron chi connectivity index (χ2n) is 5.16. The summed E-state index contributed by atoms with van der Waals surface area (Å²) in [6.07, 6.45) is 1.90. The third-order valence-corrected chi connectivity index (χ3v) is 4.99. The quantitative estimate of drug-likeness (QED) is 0.777. The molecular formula is C15H16BrN3OS. The van der Waals surface area contributed by atoms with Crippen LogP contribution in [0.4, 0.5) is 0 Å². The van der Waals surface area contributed by atoms with Gasteiger partial charge in [-0.15, -0.1) is 0 Å². The van der Waals surface area contributed by atoms with E-state index in [1.165, 1.54) is 11.8 Å². The van der Waals surface area contributed by atoms with Crippen LogP contribution in [0.25, 0.3) is 6.08 Å². The van der Waals surface area contributed by atoms with E-state index < -0.39 is 0 Å². The molecule has 3 rings (SSSR count). The van der Waals surface area contributed by atoms with Crippen LogP contribution < -0.4 is 5.32 Å². The van der Waals surface area contributed by atoms with Crippen molar-refractivity contribution in [3.8, 4) is 0 Å². The fraction of sp³-hybridized carbons (Fsp3) is 0.333. The molecule has 1 N–H and O–H groups in total. The molecule has 0 radical (unpaired) electrons. The van der Waals surface area contributed by atoms with Gasteiger partial charge < -0.3 is 10.2 Å². The summed E-state index contributed by atoms with van der Waals surface area (Å²) in [6, 6.07) is 8.33. The third-order valence-electron chi connectivity index (χ3n) is 3.42. The highest BCUT2D eigenvalue weighted by atomic mass is 79.9. The lowest BCUT2D eigenvalue weighted by Crippen LogP contribution is -2.50. The fourth-order valence-electron chi connectivity index (χ4n) is 2.35. The van der Waals surface area contributed by atoms with Crippen LogP contribution in [0.1, 0.15) is 12.5 Å². The van der Waals surface area contributed by atoms with Gasteiger partial charge in [-0.1, -0.05) is 28.1 Å². The molecule has 4 nitrogen and oxygen atoms in total. The molecule has 0 bridgehead atoms. The molecule has 1 aromatic carbocycles. The van der Waals surface area contributed by atoms with Crippen LogP contribution in [0.2, 0.25) is 0 Å². The van der Waals surface area contributed by atoms with Gasteiger partial charge in [0.1, 0.15) is 0 Å². The number of amides is 1. The number of piperazine rings is 1. The van der Waals surface area contributed by atoms with Crippen molar-refractivity contribution < 1.29 is 4.79 Å². The Balaban J connectivity index is 1.73. The van der Waals surface area contributed by atoms with Gasteiger partial charge in [-0.25, -0.2) is 0 Å². The third kappa shape index (κ3) is 3.56. The Bertz CT molecular complexity index is 612. The topological polar surface area (TPSA) is 44.7 Å². The maximum absolute atomic E-state index is 12.1. The van der Waals surface area contributed by atoms with Gasteiger partial charge in [0.15, 0.2) is 5.17 Å². The van der Waals surface area contributed by atoms with Gasteiger partial charge in [0.25, 0.3) is 5.91 Å². The Morgan fingerprint density at radius 2 is 2.19 bits per heavy atom. The summed E-state index contributed by atoms with van der Waals surface area (Å²) in [5.74, 6) is -0.135. The summed E-state index contributed by atoms with van der Waals surface area (Å²) in [5, 5.41) is 4.22. The van der Waals surface area contributed by atoms with Gasteiger partial charge in [-0.05, 0) is 42.5 Å². The molecule has 2 aliphatic heterocycles. The normalized spacial score (nSPS) is 24.6. The molecule has 1 atom stereocenters. The van der Waals surface area contributed by atoms with Crippen LogP contribution in [-0.2, 0) is 4.79 Å². The molecule has 2 aliphatic rings. The number of aliphatic imine (C=N–C) groups is 1. The van der Waals surface area contributed by atoms with Crippen molar-refractivity contribution in [3.05, 3.63) is 39.2 Å². The molecule has 21 heavy (non-hydrogen) atoms. The van der Waals surface area contributed by atoms with Crippen LogP contribution in [0.5, 0.6) is 0 Å². The number of hydrogen-bond acceptors (Lipinski definition) is 4. The highest BCUT2D eigenvalue weighted by Crippen LogP contribution is 2.30. The van der Waals surface area contributed by atoms with Crippen molar-refractivity contribution in [1.29, 1.82) is 0 Å². The molecule has 2 heterocycles. The lowest BCUT2D eigenvalue weighted by Gasteiger charge is -2.32. The average Bonchev–Trinajstić information content (AvgIpc) is 2.83. The molecule has 0 spiro atoms. The minimum Gasteiger partial charge on any atom is -0.348 e. The number of halogens is 1. The summed E-state index contributed by atoms with van der Waals surface area (Å²) < 4.78 is 1.03. The van der Waals surface area contributed by atoms with E-state index in [9.17, 15) is 4.79 Å². The molecule has 0 saturated carbocycles. The van der Waals surface area contributed by atoms with E-state index in [4.69, 9.17) is 0 Å². The largest absolute Gasteiger partial charge is 0.348 e. The minimum absolute atomic E-state index is 0.135. The molecule has 1 fully saturated rings. The molecule has 6 heteroatoms. The van der Waals surface area contributed by atoms with Crippen LogP contribution in [0, 0.1) is 0 Å². The maximum Gasteiger partial charge on any atom is 0.286 e. The average molecular weight is 366 g/mol. The minimum atomic E-state index is -0.135. The van der Waals surface area contributed by atoms with Crippen LogP contribution in [-0.4, -0.2) is 41.7 Å². The molecule has 0 aliphatic carbocycles. The van der Waals surface area contributed by atoms with Gasteiger partial charge in [0.2, 0.25) is 0 Å². The van der Waals surface area contributed by atoms with Crippen LogP contribution in [0.15, 0.2) is 38.6 Å². The highest BCUT2D eigenvalue weighted by molar-refractivity contribution is 9.10. The van der Waals surface area contributed by atoms with Crippen molar-refractivity contribution in [3.63, 3.8) is 0 Å². The predicted molar refractivity (Wildman–Crippen MR) is 91.2 cm³/mol. The SMILES string of the molecule is CC1CN(C2=NC(=O)C(=Cc3ccc(Br)cc3)S2)CCN1. The summed E-state index contributed by atoms with van der Waals surface area (Å²) >= 11 is 4.88. The van der Waals surface area contributed by atoms with E-state index in [-0.39, 0.29) is 5.91 Å². The molecule has 1 aromatic rings. The first-order valence-corrected chi connectivity index (χ1v) is 8.49. The standard InChI is InChI=1S/C15H16BrN3OS/c1-10-9-19(7-6-17-10)15-18-14(20)13(21-15)8-11-2-4-12(16)5-3-11/h2-5,8,10,17H,6-7,9H2,1H3. The smallest absolute Gasteiger partial charge is 0.286 e. The zero-order valence-electron chi connectivity index (χ0n) is 11.7. The van der Waals surface area contributed by atoms with Crippen LogP contribution in [0.3, 0.4) is 0 Å². The summed E-state index contributed by atoms with van der Waals surface area (Å²) in [7, 11) is 0. The van der Waals surface area contributed by atoms with Gasteiger partial charge in [-0.2, -0.15) is 4.99 Å². The zero-order chi connectivity index (χ0) is 14.8. The Labute approximate surface area is 136 Å². The van der Waals surface area contributed by atoms with Crippen molar-refractivity contribution in [2.45, 2.75) is 13.0 Å². The zero-order valence-corrected chi connectivity index (χ0v) is 14.1. The lowest BCUT2D eigenvalue weighted by atomic mass is 10.2. The highest BCUT2D eigenvalue weighted by Gasteiger charge is 2.28. The second kappa shape index (κ2) is 6.34. The molecule has 110 valence electrons. The first kappa shape index (κ1) is 14.8. The number of nitrogens with one attached hydrogen (secondary N) is 1. The van der Waals surface area contributed by atoms with Gasteiger partial charge in [-0.3, -0.25) is 4.79 Å². The predicted octanol–water partition coefficient (Wildman–Crippen LogP) is 2.71. The number of carbonyl (C=O) groups excluding carboxylic acids is 1. The van der Waals surface area contributed by atoms with Crippen molar-refractivity contribution in [2.24, 2.45) is 4.99 Å². The molecule has 1 unspecified atom stereocenters.